The van der Waals surface area contributed by atoms with Crippen molar-refractivity contribution in [3.05, 3.63) is 29.8 Å². The predicted octanol–water partition coefficient (Wildman–Crippen LogP) is 1.10. The number of amides is 4. The monoisotopic (exact) mass is 293 g/mol. The molecule has 0 radical (unpaired) electrons. The highest BCUT2D eigenvalue weighted by Crippen LogP contribution is 2.13. The second kappa shape index (κ2) is 8.11. The van der Waals surface area contributed by atoms with Crippen molar-refractivity contribution in [3.63, 3.8) is 0 Å². The zero-order valence-electron chi connectivity index (χ0n) is 12.6. The Morgan fingerprint density at radius 3 is 2.24 bits per heavy atom. The number of urea groups is 2. The summed E-state index contributed by atoms with van der Waals surface area (Å²) in [6.45, 7) is 2.62. The molecule has 5 N–H and O–H groups in total. The molecular formula is C14H23N5O2. The van der Waals surface area contributed by atoms with Crippen molar-refractivity contribution in [2.75, 3.05) is 32.5 Å². The van der Waals surface area contributed by atoms with Gasteiger partial charge in [0.2, 0.25) is 0 Å². The quantitative estimate of drug-likeness (QED) is 0.612. The molecular weight excluding hydrogens is 270 g/mol. The second-order valence-electron chi connectivity index (χ2n) is 4.92. The summed E-state index contributed by atoms with van der Waals surface area (Å²) >= 11 is 0. The van der Waals surface area contributed by atoms with Crippen LogP contribution in [0, 0.1) is 0 Å². The summed E-state index contributed by atoms with van der Waals surface area (Å²) in [5.74, 6) is 0. The Hall–Kier alpha value is -2.28. The van der Waals surface area contributed by atoms with Gasteiger partial charge in [0.1, 0.15) is 0 Å². The molecule has 1 rings (SSSR count). The molecule has 116 valence electrons. The average molecular weight is 293 g/mol. The number of anilines is 1. The van der Waals surface area contributed by atoms with Crippen molar-refractivity contribution in [2.45, 2.75) is 13.0 Å². The maximum absolute atomic E-state index is 11.6. The number of hydrogen-bond donors (Lipinski definition) is 4. The molecule has 7 nitrogen and oxygen atoms in total. The molecule has 0 aliphatic carbocycles. The van der Waals surface area contributed by atoms with E-state index < -0.39 is 0 Å². The Labute approximate surface area is 124 Å². The van der Waals surface area contributed by atoms with Crippen LogP contribution in [-0.4, -0.2) is 44.1 Å². The van der Waals surface area contributed by atoms with Crippen LogP contribution < -0.4 is 21.7 Å². The second-order valence-corrected chi connectivity index (χ2v) is 4.92. The summed E-state index contributed by atoms with van der Waals surface area (Å²) in [5, 5.41) is 8.01. The Morgan fingerprint density at radius 2 is 1.71 bits per heavy atom. The van der Waals surface area contributed by atoms with E-state index in [4.69, 9.17) is 5.73 Å². The number of benzene rings is 1. The maximum atomic E-state index is 11.6. The van der Waals surface area contributed by atoms with Crippen LogP contribution in [0.1, 0.15) is 18.5 Å². The summed E-state index contributed by atoms with van der Waals surface area (Å²) in [5.41, 5.74) is 7.45. The molecule has 0 saturated heterocycles. The first-order valence-electron chi connectivity index (χ1n) is 6.75. The van der Waals surface area contributed by atoms with Gasteiger partial charge in [-0.1, -0.05) is 12.1 Å². The van der Waals surface area contributed by atoms with Gasteiger partial charge in [-0.25, -0.2) is 9.59 Å². The lowest BCUT2D eigenvalue weighted by atomic mass is 10.1. The summed E-state index contributed by atoms with van der Waals surface area (Å²) in [4.78, 5) is 24.3. The minimum Gasteiger partial charge on any atom is -0.336 e. The van der Waals surface area contributed by atoms with E-state index in [2.05, 4.69) is 16.0 Å². The molecule has 7 heteroatoms. The van der Waals surface area contributed by atoms with Crippen molar-refractivity contribution in [1.82, 2.24) is 15.5 Å². The summed E-state index contributed by atoms with van der Waals surface area (Å²) in [6, 6.07) is 6.80. The van der Waals surface area contributed by atoms with Crippen molar-refractivity contribution >= 4 is 17.7 Å². The van der Waals surface area contributed by atoms with Crippen LogP contribution in [0.3, 0.4) is 0 Å². The highest BCUT2D eigenvalue weighted by molar-refractivity contribution is 5.89. The van der Waals surface area contributed by atoms with Crippen LogP contribution >= 0.6 is 0 Å². The molecule has 1 aromatic carbocycles. The number of carbonyl (C=O) groups is 2. The molecule has 0 aliphatic heterocycles. The topological polar surface area (TPSA) is 99.5 Å². The van der Waals surface area contributed by atoms with E-state index in [1.807, 2.05) is 19.1 Å². The fourth-order valence-corrected chi connectivity index (χ4v) is 1.55. The predicted molar refractivity (Wildman–Crippen MR) is 83.2 cm³/mol. The lowest BCUT2D eigenvalue weighted by molar-refractivity contribution is 0.217. The number of carbonyl (C=O) groups excluding carboxylic acids is 2. The normalized spacial score (nSPS) is 11.4. The first kappa shape index (κ1) is 16.8. The van der Waals surface area contributed by atoms with Gasteiger partial charge in [0, 0.05) is 38.9 Å². The summed E-state index contributed by atoms with van der Waals surface area (Å²) in [6.07, 6.45) is 0. The summed E-state index contributed by atoms with van der Waals surface area (Å²) in [7, 11) is 3.31. The molecule has 0 bridgehead atoms. The fourth-order valence-electron chi connectivity index (χ4n) is 1.55. The van der Waals surface area contributed by atoms with Gasteiger partial charge in [0.25, 0.3) is 0 Å². The molecule has 4 amide bonds. The maximum Gasteiger partial charge on any atom is 0.319 e. The largest absolute Gasteiger partial charge is 0.336 e. The van der Waals surface area contributed by atoms with Crippen LogP contribution in [0.5, 0.6) is 0 Å². The van der Waals surface area contributed by atoms with Gasteiger partial charge in [0.15, 0.2) is 0 Å². The number of hydrogen-bond acceptors (Lipinski definition) is 3. The highest BCUT2D eigenvalue weighted by atomic mass is 16.2. The van der Waals surface area contributed by atoms with Gasteiger partial charge in [-0.05, 0) is 24.6 Å². The van der Waals surface area contributed by atoms with E-state index in [0.717, 1.165) is 5.56 Å². The standard InChI is InChI=1S/C14H23N5O2/c1-10(15)11-4-6-12(7-5-11)18-13(20)16-8-9-17-14(21)19(2)3/h4-7,10H,8-9,15H2,1-3H3,(H,17,21)(H2,16,18,20). The third-order valence-electron chi connectivity index (χ3n) is 2.79. The molecule has 0 aliphatic rings. The number of nitrogens with two attached hydrogens (primary N) is 1. The van der Waals surface area contributed by atoms with Gasteiger partial charge in [-0.15, -0.1) is 0 Å². The van der Waals surface area contributed by atoms with Crippen LogP contribution in [0.4, 0.5) is 15.3 Å². The molecule has 0 heterocycles. The van der Waals surface area contributed by atoms with E-state index in [1.54, 1.807) is 26.2 Å². The lowest BCUT2D eigenvalue weighted by Crippen LogP contribution is -2.40. The zero-order valence-corrected chi connectivity index (χ0v) is 12.6. The smallest absolute Gasteiger partial charge is 0.319 e. The first-order chi connectivity index (χ1) is 9.90. The van der Waals surface area contributed by atoms with Crippen molar-refractivity contribution in [2.24, 2.45) is 5.73 Å². The first-order valence-corrected chi connectivity index (χ1v) is 6.75. The van der Waals surface area contributed by atoms with E-state index in [1.165, 1.54) is 4.90 Å². The van der Waals surface area contributed by atoms with Crippen LogP contribution in [-0.2, 0) is 0 Å². The van der Waals surface area contributed by atoms with E-state index in [0.29, 0.717) is 18.8 Å². The Bertz CT molecular complexity index is 471. The highest BCUT2D eigenvalue weighted by Gasteiger charge is 2.04. The number of rotatable bonds is 5. The average Bonchev–Trinajstić information content (AvgIpc) is 2.43. The fraction of sp³-hybridized carbons (Fsp3) is 0.429. The van der Waals surface area contributed by atoms with Gasteiger partial charge in [0.05, 0.1) is 0 Å². The minimum absolute atomic E-state index is 0.0341. The molecule has 0 aromatic heterocycles. The van der Waals surface area contributed by atoms with E-state index >= 15 is 0 Å². The third-order valence-corrected chi connectivity index (χ3v) is 2.79. The van der Waals surface area contributed by atoms with Crippen LogP contribution in [0.2, 0.25) is 0 Å². The van der Waals surface area contributed by atoms with Gasteiger partial charge in [-0.3, -0.25) is 0 Å². The molecule has 1 aromatic rings. The Kier molecular flexibility index (Phi) is 6.48. The van der Waals surface area contributed by atoms with Crippen molar-refractivity contribution in [1.29, 1.82) is 0 Å². The van der Waals surface area contributed by atoms with E-state index in [9.17, 15) is 9.59 Å². The van der Waals surface area contributed by atoms with Crippen molar-refractivity contribution in [3.8, 4) is 0 Å². The molecule has 0 saturated carbocycles. The van der Waals surface area contributed by atoms with E-state index in [-0.39, 0.29) is 18.1 Å². The Morgan fingerprint density at radius 1 is 1.14 bits per heavy atom. The van der Waals surface area contributed by atoms with Crippen LogP contribution in [0.15, 0.2) is 24.3 Å². The number of nitrogens with one attached hydrogen (secondary N) is 3. The molecule has 1 unspecified atom stereocenters. The molecule has 0 fully saturated rings. The van der Waals surface area contributed by atoms with Gasteiger partial charge in [-0.2, -0.15) is 0 Å². The SMILES string of the molecule is CC(N)c1ccc(NC(=O)NCCNC(=O)N(C)C)cc1. The van der Waals surface area contributed by atoms with Gasteiger partial charge < -0.3 is 26.6 Å². The third kappa shape index (κ3) is 6.13. The number of nitrogens with zero attached hydrogens (tertiary/aromatic N) is 1. The lowest BCUT2D eigenvalue weighted by Gasteiger charge is -2.12. The summed E-state index contributed by atoms with van der Waals surface area (Å²) < 4.78 is 0. The molecule has 1 atom stereocenters. The zero-order chi connectivity index (χ0) is 15.8. The van der Waals surface area contributed by atoms with Crippen molar-refractivity contribution < 1.29 is 9.59 Å². The Balaban J connectivity index is 2.29. The van der Waals surface area contributed by atoms with Crippen LogP contribution in [0.25, 0.3) is 0 Å². The molecule has 0 spiro atoms. The van der Waals surface area contributed by atoms with Gasteiger partial charge >= 0.3 is 12.1 Å². The molecule has 21 heavy (non-hydrogen) atoms. The minimum atomic E-state index is -0.317.